The number of benzene rings is 4. The third kappa shape index (κ3) is 10.6. The Kier molecular flexibility index (Phi) is 15.0. The Bertz CT molecular complexity index is 2540. The van der Waals surface area contributed by atoms with Gasteiger partial charge in [0.15, 0.2) is 0 Å². The number of aryl methyl sites for hydroxylation is 2. The number of ether oxygens (including phenoxy) is 2. The van der Waals surface area contributed by atoms with Gasteiger partial charge in [0.2, 0.25) is 0 Å². The zero-order chi connectivity index (χ0) is 46.4. The molecule has 2 aliphatic heterocycles. The molecule has 0 saturated carbocycles. The van der Waals surface area contributed by atoms with Gasteiger partial charge in [-0.25, -0.2) is 14.4 Å². The molecule has 0 aliphatic carbocycles. The van der Waals surface area contributed by atoms with Gasteiger partial charge in [0.1, 0.15) is 39.8 Å². The fourth-order valence-corrected chi connectivity index (χ4v) is 6.35. The Morgan fingerprint density at radius 3 is 1.74 bits per heavy atom. The number of halogens is 2. The lowest BCUT2D eigenvalue weighted by atomic mass is 9.89. The number of carbonyl (C=O) groups excluding carboxylic acids is 3. The molecule has 62 heavy (non-hydrogen) atoms. The van der Waals surface area contributed by atoms with Crippen LogP contribution in [0.1, 0.15) is 94.9 Å². The van der Waals surface area contributed by atoms with E-state index in [-0.39, 0.29) is 56.8 Å². The van der Waals surface area contributed by atoms with Crippen LogP contribution in [-0.2, 0) is 14.3 Å². The van der Waals surface area contributed by atoms with Gasteiger partial charge in [0.25, 0.3) is 17.5 Å². The second kappa shape index (κ2) is 19.4. The highest BCUT2D eigenvalue weighted by molar-refractivity contribution is 6.35. The van der Waals surface area contributed by atoms with Crippen molar-refractivity contribution in [2.45, 2.75) is 66.5 Å². The number of carboxylic acids is 2. The van der Waals surface area contributed by atoms with Crippen molar-refractivity contribution in [2.24, 2.45) is 21.8 Å². The van der Waals surface area contributed by atoms with Gasteiger partial charge in [-0.3, -0.25) is 29.7 Å². The molecule has 0 fully saturated rings. The molecule has 0 aromatic heterocycles. The predicted molar refractivity (Wildman–Crippen MR) is 233 cm³/mol. The molecular formula is C44H45Cl2N5O11. The minimum Gasteiger partial charge on any atom is -0.478 e. The highest BCUT2D eigenvalue weighted by Crippen LogP contribution is 2.34. The molecule has 4 aromatic carbocycles. The molecule has 2 heterocycles. The number of amides is 2. The van der Waals surface area contributed by atoms with Crippen LogP contribution in [0.5, 0.6) is 11.5 Å². The number of nitrogens with one attached hydrogen (secondary N) is 2. The van der Waals surface area contributed by atoms with Crippen molar-refractivity contribution in [1.82, 2.24) is 10.6 Å². The molecule has 0 bridgehead atoms. The van der Waals surface area contributed by atoms with E-state index in [1.54, 1.807) is 50.2 Å². The average molecular weight is 891 g/mol. The van der Waals surface area contributed by atoms with Crippen LogP contribution in [0, 0.1) is 35.8 Å². The quantitative estimate of drug-likeness (QED) is 0.0669. The molecule has 2 unspecified atom stereocenters. The van der Waals surface area contributed by atoms with Gasteiger partial charge in [-0.2, -0.15) is 0 Å². The van der Waals surface area contributed by atoms with E-state index >= 15 is 0 Å². The maximum Gasteiger partial charge on any atom is 0.345 e. The molecular weight excluding hydrogens is 845 g/mol. The average Bonchev–Trinajstić information content (AvgIpc) is 3.70. The molecule has 2 aliphatic rings. The monoisotopic (exact) mass is 889 g/mol. The number of nitro groups is 1. The van der Waals surface area contributed by atoms with Crippen LogP contribution in [-0.4, -0.2) is 74.7 Å². The number of aliphatic imine (C=N–C) groups is 2. The minimum atomic E-state index is -1.03. The number of methoxy groups -OCH3 is 1. The summed E-state index contributed by atoms with van der Waals surface area (Å²) >= 11 is 11.8. The number of carboxylic acid groups (broad SMARTS) is 2. The van der Waals surface area contributed by atoms with E-state index in [0.29, 0.717) is 33.6 Å². The third-order valence-electron chi connectivity index (χ3n) is 10.3. The van der Waals surface area contributed by atoms with Gasteiger partial charge in [-0.1, -0.05) is 80.2 Å². The van der Waals surface area contributed by atoms with Crippen LogP contribution in [0.15, 0.2) is 82.8 Å². The number of hydrogen-bond donors (Lipinski definition) is 4. The standard InChI is InChI=1S/2C15H18N2O3.C14H9Cl2NO5/c1-8(2)15(4)14(20)16-12(17-15)11-7-9(3)5-6-10(11)13(18)19;1-8(2)15(4)14(20)16-12(17-15)10-6-5-9(3)7-11(10)13(18)19;1-21-14(18)10-7-9(3-4-12(10)17(19)20)22-13-5-2-8(15)6-11(13)16/h2*5-8H,1-4H3,(H,18,19)(H,16,17,20);2-7H,1H3. The summed E-state index contributed by atoms with van der Waals surface area (Å²) in [6.07, 6.45) is 0. The Hall–Kier alpha value is -6.65. The van der Waals surface area contributed by atoms with Crippen molar-refractivity contribution in [3.05, 3.63) is 132 Å². The van der Waals surface area contributed by atoms with Crippen molar-refractivity contribution in [2.75, 3.05) is 7.11 Å². The predicted octanol–water partition coefficient (Wildman–Crippen LogP) is 8.45. The summed E-state index contributed by atoms with van der Waals surface area (Å²) in [6, 6.07) is 18.4. The van der Waals surface area contributed by atoms with Crippen molar-refractivity contribution < 1.29 is 48.6 Å². The number of carbonyl (C=O) groups is 5. The topological polar surface area (TPSA) is 236 Å². The number of nitro benzene ring substituents is 1. The first-order chi connectivity index (χ1) is 28.9. The van der Waals surface area contributed by atoms with Crippen molar-refractivity contribution >= 4 is 70.3 Å². The highest BCUT2D eigenvalue weighted by atomic mass is 35.5. The molecule has 16 nitrogen and oxygen atoms in total. The van der Waals surface area contributed by atoms with Crippen LogP contribution in [0.4, 0.5) is 5.69 Å². The molecule has 2 atom stereocenters. The lowest BCUT2D eigenvalue weighted by Crippen LogP contribution is -2.41. The van der Waals surface area contributed by atoms with Gasteiger partial charge in [-0.15, -0.1) is 0 Å². The van der Waals surface area contributed by atoms with E-state index in [1.807, 2.05) is 47.6 Å². The molecule has 4 N–H and O–H groups in total. The summed E-state index contributed by atoms with van der Waals surface area (Å²) in [5.41, 5.74) is 0.667. The van der Waals surface area contributed by atoms with Gasteiger partial charge in [-0.05, 0) is 82.0 Å². The zero-order valence-electron chi connectivity index (χ0n) is 35.2. The van der Waals surface area contributed by atoms with E-state index in [9.17, 15) is 44.3 Å². The van der Waals surface area contributed by atoms with Crippen LogP contribution in [0.3, 0.4) is 0 Å². The van der Waals surface area contributed by atoms with Crippen LogP contribution in [0.2, 0.25) is 10.0 Å². The van der Waals surface area contributed by atoms with E-state index in [0.717, 1.165) is 24.3 Å². The van der Waals surface area contributed by atoms with E-state index in [1.165, 1.54) is 24.3 Å². The molecule has 18 heteroatoms. The van der Waals surface area contributed by atoms with Crippen molar-refractivity contribution in [3.8, 4) is 11.5 Å². The second-order valence-electron chi connectivity index (χ2n) is 15.2. The minimum absolute atomic E-state index is 0.0260. The van der Waals surface area contributed by atoms with Crippen LogP contribution < -0.4 is 15.4 Å². The maximum absolute atomic E-state index is 12.1. The molecule has 0 radical (unpaired) electrons. The zero-order valence-corrected chi connectivity index (χ0v) is 36.8. The Morgan fingerprint density at radius 2 is 1.26 bits per heavy atom. The largest absolute Gasteiger partial charge is 0.478 e. The second-order valence-corrected chi connectivity index (χ2v) is 16.1. The Morgan fingerprint density at radius 1 is 0.726 bits per heavy atom. The Labute approximate surface area is 367 Å². The molecule has 2 amide bonds. The number of nitrogens with zero attached hydrogens (tertiary/aromatic N) is 3. The fraction of sp³-hybridized carbons (Fsp3) is 0.295. The first-order valence-electron chi connectivity index (χ1n) is 18.9. The normalized spacial score (nSPS) is 17.7. The van der Waals surface area contributed by atoms with Gasteiger partial charge in [0.05, 0.1) is 28.2 Å². The van der Waals surface area contributed by atoms with Gasteiger partial charge < -0.3 is 30.3 Å². The molecule has 326 valence electrons. The highest BCUT2D eigenvalue weighted by Gasteiger charge is 2.43. The summed E-state index contributed by atoms with van der Waals surface area (Å²) in [4.78, 5) is 77.6. The first kappa shape index (κ1) is 48.0. The van der Waals surface area contributed by atoms with E-state index < -0.39 is 33.9 Å². The summed E-state index contributed by atoms with van der Waals surface area (Å²) < 4.78 is 10.0. The van der Waals surface area contributed by atoms with Crippen LogP contribution in [0.25, 0.3) is 0 Å². The summed E-state index contributed by atoms with van der Waals surface area (Å²) in [5, 5.41) is 35.6. The third-order valence-corrected chi connectivity index (χ3v) is 10.9. The molecule has 0 spiro atoms. The number of amidine groups is 2. The lowest BCUT2D eigenvalue weighted by Gasteiger charge is -2.21. The van der Waals surface area contributed by atoms with Gasteiger partial charge >= 0.3 is 17.9 Å². The lowest BCUT2D eigenvalue weighted by molar-refractivity contribution is -0.385. The molecule has 6 rings (SSSR count). The molecule has 4 aromatic rings. The molecule has 0 saturated heterocycles. The maximum atomic E-state index is 12.1. The summed E-state index contributed by atoms with van der Waals surface area (Å²) in [7, 11) is 1.13. The summed E-state index contributed by atoms with van der Waals surface area (Å²) in [5.74, 6) is -2.05. The van der Waals surface area contributed by atoms with Gasteiger partial charge in [0, 0.05) is 28.3 Å². The number of rotatable bonds is 10. The Balaban J connectivity index is 0.000000205. The van der Waals surface area contributed by atoms with E-state index in [4.69, 9.17) is 27.9 Å². The van der Waals surface area contributed by atoms with E-state index in [2.05, 4.69) is 25.4 Å². The van der Waals surface area contributed by atoms with Crippen LogP contribution >= 0.6 is 23.2 Å². The first-order valence-corrected chi connectivity index (χ1v) is 19.7. The van der Waals surface area contributed by atoms with Crippen molar-refractivity contribution in [3.63, 3.8) is 0 Å². The summed E-state index contributed by atoms with van der Waals surface area (Å²) in [6.45, 7) is 14.9. The smallest absolute Gasteiger partial charge is 0.345 e. The SMILES string of the molecule is COC(=O)c1cc(Oc2ccc(Cl)cc2Cl)ccc1[N+](=O)[O-].Cc1ccc(C(=O)O)c(C2=NC(C)(C(C)C)C(=O)N2)c1.Cc1ccc(C2=NC(C)(C(C)C)C(=O)N2)c(C(=O)O)c1. The number of hydrogen-bond acceptors (Lipinski definition) is 11. The number of aromatic carboxylic acids is 2. The van der Waals surface area contributed by atoms with Crippen molar-refractivity contribution in [1.29, 1.82) is 0 Å². The fourth-order valence-electron chi connectivity index (χ4n) is 5.91. The number of esters is 1.